The van der Waals surface area contributed by atoms with Crippen molar-refractivity contribution in [2.24, 2.45) is 5.73 Å². The number of hydrogen-bond donors (Lipinski definition) is 1. The molecule has 1 aliphatic heterocycles. The Morgan fingerprint density at radius 3 is 2.40 bits per heavy atom. The van der Waals surface area contributed by atoms with Crippen LogP contribution in [0.25, 0.3) is 0 Å². The van der Waals surface area contributed by atoms with Crippen LogP contribution in [-0.2, 0) is 0 Å². The van der Waals surface area contributed by atoms with Gasteiger partial charge in [0.15, 0.2) is 0 Å². The Bertz CT molecular complexity index is 317. The number of hydrogen-bond acceptors (Lipinski definition) is 3. The Morgan fingerprint density at radius 1 is 1.33 bits per heavy atom. The second-order valence-electron chi connectivity index (χ2n) is 4.16. The minimum absolute atomic E-state index is 0.387. The molecule has 0 bridgehead atoms. The zero-order chi connectivity index (χ0) is 10.8. The maximum Gasteiger partial charge on any atom is 0.0321 e. The van der Waals surface area contributed by atoms with Gasteiger partial charge in [0.1, 0.15) is 0 Å². The first kappa shape index (κ1) is 11.0. The Morgan fingerprint density at radius 2 is 1.93 bits per heavy atom. The third-order valence-electron chi connectivity index (χ3n) is 3.08. The minimum atomic E-state index is 0.387. The summed E-state index contributed by atoms with van der Waals surface area (Å²) in [7, 11) is 0. The standard InChI is InChI=1S/C12H18N2S/c1-9(14-7-11(13)8-14)10-3-5-12(15-2)6-4-10/h3-6,9,11H,7-8,13H2,1-2H3. The second kappa shape index (κ2) is 4.56. The number of nitrogens with zero attached hydrogens (tertiary/aromatic N) is 1. The Balaban J connectivity index is 2.02. The maximum atomic E-state index is 5.79. The average molecular weight is 222 g/mol. The summed E-state index contributed by atoms with van der Waals surface area (Å²) in [5, 5.41) is 0. The lowest BCUT2D eigenvalue weighted by atomic mass is 10.0. The molecule has 0 spiro atoms. The fourth-order valence-electron chi connectivity index (χ4n) is 1.96. The van der Waals surface area contributed by atoms with Crippen molar-refractivity contribution in [1.29, 1.82) is 0 Å². The molecule has 15 heavy (non-hydrogen) atoms. The molecule has 0 aromatic heterocycles. The summed E-state index contributed by atoms with van der Waals surface area (Å²) in [6.45, 7) is 4.32. The lowest BCUT2D eigenvalue weighted by Gasteiger charge is -2.41. The van der Waals surface area contributed by atoms with Gasteiger partial charge in [0.05, 0.1) is 0 Å². The summed E-state index contributed by atoms with van der Waals surface area (Å²) >= 11 is 1.78. The average Bonchev–Trinajstić information content (AvgIpc) is 2.24. The van der Waals surface area contributed by atoms with E-state index in [1.54, 1.807) is 11.8 Å². The zero-order valence-corrected chi connectivity index (χ0v) is 10.1. The monoisotopic (exact) mass is 222 g/mol. The Hall–Kier alpha value is -0.510. The Labute approximate surface area is 95.8 Å². The van der Waals surface area contributed by atoms with E-state index in [9.17, 15) is 0 Å². The Kier molecular flexibility index (Phi) is 3.34. The largest absolute Gasteiger partial charge is 0.325 e. The summed E-state index contributed by atoms with van der Waals surface area (Å²) in [5.74, 6) is 0. The summed E-state index contributed by atoms with van der Waals surface area (Å²) in [6, 6.07) is 9.71. The third kappa shape index (κ3) is 2.36. The third-order valence-corrected chi connectivity index (χ3v) is 3.83. The molecule has 1 aromatic rings. The molecule has 2 rings (SSSR count). The normalized spacial score (nSPS) is 19.9. The number of nitrogens with two attached hydrogens (primary N) is 1. The first-order valence-corrected chi connectivity index (χ1v) is 6.56. The molecule has 1 aromatic carbocycles. The quantitative estimate of drug-likeness (QED) is 0.794. The predicted octanol–water partition coefficient (Wildman–Crippen LogP) is 2.11. The molecule has 82 valence electrons. The fraction of sp³-hybridized carbons (Fsp3) is 0.500. The van der Waals surface area contributed by atoms with Gasteiger partial charge in [-0.2, -0.15) is 0 Å². The summed E-state index contributed by atoms with van der Waals surface area (Å²) in [6.07, 6.45) is 2.10. The number of thioether (sulfide) groups is 1. The van der Waals surface area contributed by atoms with E-state index in [0.717, 1.165) is 13.1 Å². The molecule has 1 fully saturated rings. The van der Waals surface area contributed by atoms with Gasteiger partial charge in [0.2, 0.25) is 0 Å². The van der Waals surface area contributed by atoms with Crippen molar-refractivity contribution in [2.75, 3.05) is 19.3 Å². The lowest BCUT2D eigenvalue weighted by molar-refractivity contribution is 0.103. The van der Waals surface area contributed by atoms with Crippen LogP contribution in [0.4, 0.5) is 0 Å². The number of likely N-dealkylation sites (tertiary alicyclic amines) is 1. The molecule has 1 unspecified atom stereocenters. The van der Waals surface area contributed by atoms with Gasteiger partial charge < -0.3 is 5.73 Å². The van der Waals surface area contributed by atoms with Crippen molar-refractivity contribution >= 4 is 11.8 Å². The van der Waals surface area contributed by atoms with Gasteiger partial charge in [-0.3, -0.25) is 4.90 Å². The molecule has 2 N–H and O–H groups in total. The van der Waals surface area contributed by atoms with Crippen LogP contribution < -0.4 is 5.73 Å². The van der Waals surface area contributed by atoms with E-state index in [1.807, 2.05) is 0 Å². The van der Waals surface area contributed by atoms with Crippen molar-refractivity contribution in [2.45, 2.75) is 23.9 Å². The van der Waals surface area contributed by atoms with E-state index >= 15 is 0 Å². The van der Waals surface area contributed by atoms with Crippen LogP contribution in [0.1, 0.15) is 18.5 Å². The highest BCUT2D eigenvalue weighted by Crippen LogP contribution is 2.26. The molecule has 0 saturated carbocycles. The number of benzene rings is 1. The molecule has 1 heterocycles. The molecule has 0 amide bonds. The SMILES string of the molecule is CSc1ccc(C(C)N2CC(N)C2)cc1. The van der Waals surface area contributed by atoms with Crippen molar-refractivity contribution in [1.82, 2.24) is 4.90 Å². The van der Waals surface area contributed by atoms with Crippen LogP contribution >= 0.6 is 11.8 Å². The van der Waals surface area contributed by atoms with Crippen molar-refractivity contribution in [3.63, 3.8) is 0 Å². The van der Waals surface area contributed by atoms with Crippen LogP contribution in [0.3, 0.4) is 0 Å². The lowest BCUT2D eigenvalue weighted by Crippen LogP contribution is -2.56. The zero-order valence-electron chi connectivity index (χ0n) is 9.31. The van der Waals surface area contributed by atoms with Crippen LogP contribution in [0.5, 0.6) is 0 Å². The highest BCUT2D eigenvalue weighted by atomic mass is 32.2. The van der Waals surface area contributed by atoms with Gasteiger partial charge in [0.25, 0.3) is 0 Å². The maximum absolute atomic E-state index is 5.79. The molecule has 0 radical (unpaired) electrons. The molecular weight excluding hydrogens is 204 g/mol. The van der Waals surface area contributed by atoms with Gasteiger partial charge in [-0.05, 0) is 30.9 Å². The van der Waals surface area contributed by atoms with Crippen molar-refractivity contribution in [3.05, 3.63) is 29.8 Å². The highest BCUT2D eigenvalue weighted by Gasteiger charge is 2.27. The molecule has 0 aliphatic carbocycles. The van der Waals surface area contributed by atoms with E-state index < -0.39 is 0 Å². The highest BCUT2D eigenvalue weighted by molar-refractivity contribution is 7.98. The van der Waals surface area contributed by atoms with E-state index in [2.05, 4.69) is 42.3 Å². The van der Waals surface area contributed by atoms with Crippen LogP contribution in [0.15, 0.2) is 29.2 Å². The van der Waals surface area contributed by atoms with E-state index in [0.29, 0.717) is 12.1 Å². The minimum Gasteiger partial charge on any atom is -0.325 e. The van der Waals surface area contributed by atoms with Crippen LogP contribution in [0.2, 0.25) is 0 Å². The smallest absolute Gasteiger partial charge is 0.0321 e. The van der Waals surface area contributed by atoms with Gasteiger partial charge in [-0.25, -0.2) is 0 Å². The molecular formula is C12H18N2S. The van der Waals surface area contributed by atoms with Gasteiger partial charge in [-0.15, -0.1) is 11.8 Å². The van der Waals surface area contributed by atoms with Gasteiger partial charge in [-0.1, -0.05) is 12.1 Å². The predicted molar refractivity (Wildman–Crippen MR) is 66.2 cm³/mol. The topological polar surface area (TPSA) is 29.3 Å². The molecule has 1 aliphatic rings. The van der Waals surface area contributed by atoms with Crippen LogP contribution in [-0.4, -0.2) is 30.3 Å². The van der Waals surface area contributed by atoms with Crippen LogP contribution in [0, 0.1) is 0 Å². The number of rotatable bonds is 3. The first-order valence-electron chi connectivity index (χ1n) is 5.34. The van der Waals surface area contributed by atoms with Gasteiger partial charge >= 0.3 is 0 Å². The molecule has 3 heteroatoms. The van der Waals surface area contributed by atoms with E-state index in [1.165, 1.54) is 10.5 Å². The molecule has 2 nitrogen and oxygen atoms in total. The van der Waals surface area contributed by atoms with E-state index in [4.69, 9.17) is 5.73 Å². The molecule has 1 atom stereocenters. The van der Waals surface area contributed by atoms with E-state index in [-0.39, 0.29) is 0 Å². The van der Waals surface area contributed by atoms with Crippen molar-refractivity contribution in [3.8, 4) is 0 Å². The van der Waals surface area contributed by atoms with Gasteiger partial charge in [0, 0.05) is 30.1 Å². The molecule has 1 saturated heterocycles. The summed E-state index contributed by atoms with van der Waals surface area (Å²) in [4.78, 5) is 3.74. The summed E-state index contributed by atoms with van der Waals surface area (Å²) < 4.78 is 0. The second-order valence-corrected chi connectivity index (χ2v) is 5.04. The first-order chi connectivity index (χ1) is 7.20. The van der Waals surface area contributed by atoms with Crippen molar-refractivity contribution < 1.29 is 0 Å². The summed E-state index contributed by atoms with van der Waals surface area (Å²) in [5.41, 5.74) is 7.17. The fourth-order valence-corrected chi connectivity index (χ4v) is 2.37.